The molecule has 0 unspecified atom stereocenters. The van der Waals surface area contributed by atoms with Gasteiger partial charge < -0.3 is 4.57 Å². The number of benzene rings is 6. The lowest BCUT2D eigenvalue weighted by atomic mass is 9.82. The molecule has 0 saturated heterocycles. The van der Waals surface area contributed by atoms with E-state index >= 15 is 0 Å². The van der Waals surface area contributed by atoms with Crippen LogP contribution in [0.25, 0.3) is 94.8 Å². The van der Waals surface area contributed by atoms with Gasteiger partial charge in [0.1, 0.15) is 0 Å². The normalized spacial score (nSPS) is 12.8. The Balaban J connectivity index is 1.08. The molecule has 6 aromatic carbocycles. The van der Waals surface area contributed by atoms with Crippen molar-refractivity contribution < 1.29 is 0 Å². The summed E-state index contributed by atoms with van der Waals surface area (Å²) in [6, 6.07) is 65.4. The van der Waals surface area contributed by atoms with E-state index in [0.717, 1.165) is 45.2 Å². The molecular weight excluding hydrogens is 705 g/mol. The topological polar surface area (TPSA) is 43.6 Å². The molecule has 0 saturated carbocycles. The maximum Gasteiger partial charge on any atom is 0.0900 e. The fourth-order valence-corrected chi connectivity index (χ4v) is 9.08. The molecule has 4 aromatic heterocycles. The number of pyridine rings is 3. The quantitative estimate of drug-likeness (QED) is 0.170. The first kappa shape index (κ1) is 33.9. The average molecular weight is 743 g/mol. The molecule has 58 heavy (non-hydrogen) atoms. The maximum absolute atomic E-state index is 5.02. The molecule has 0 atom stereocenters. The summed E-state index contributed by atoms with van der Waals surface area (Å²) in [6.45, 7) is 4.68. The van der Waals surface area contributed by atoms with Crippen LogP contribution in [0.3, 0.4) is 0 Å². The highest BCUT2D eigenvalue weighted by Gasteiger charge is 2.35. The molecule has 11 rings (SSSR count). The Morgan fingerprint density at radius 3 is 1.78 bits per heavy atom. The van der Waals surface area contributed by atoms with E-state index in [-0.39, 0.29) is 5.41 Å². The summed E-state index contributed by atoms with van der Waals surface area (Å²) >= 11 is 0. The minimum Gasteiger partial charge on any atom is -0.309 e. The number of aromatic nitrogens is 4. The van der Waals surface area contributed by atoms with E-state index in [1.807, 2.05) is 48.8 Å². The summed E-state index contributed by atoms with van der Waals surface area (Å²) in [5, 5.41) is 2.44. The summed E-state index contributed by atoms with van der Waals surface area (Å²) in [5.41, 5.74) is 19.1. The van der Waals surface area contributed by atoms with Crippen molar-refractivity contribution in [1.29, 1.82) is 0 Å². The van der Waals surface area contributed by atoms with Crippen LogP contribution >= 0.6 is 0 Å². The predicted octanol–water partition coefficient (Wildman–Crippen LogP) is 13.6. The van der Waals surface area contributed by atoms with E-state index in [2.05, 4.69) is 174 Å². The first-order valence-electron chi connectivity index (χ1n) is 19.8. The number of rotatable bonds is 6. The summed E-state index contributed by atoms with van der Waals surface area (Å²) in [5.74, 6) is 0. The van der Waals surface area contributed by atoms with Gasteiger partial charge in [-0.3, -0.25) is 9.97 Å². The second kappa shape index (κ2) is 13.4. The van der Waals surface area contributed by atoms with Crippen molar-refractivity contribution in [2.75, 3.05) is 0 Å². The minimum atomic E-state index is -0.0224. The summed E-state index contributed by atoms with van der Waals surface area (Å²) in [7, 11) is 0. The van der Waals surface area contributed by atoms with Crippen LogP contribution in [0, 0.1) is 0 Å². The predicted molar refractivity (Wildman–Crippen MR) is 239 cm³/mol. The smallest absolute Gasteiger partial charge is 0.0900 e. The lowest BCUT2D eigenvalue weighted by Gasteiger charge is -2.21. The number of fused-ring (bicyclic) bond motifs is 6. The van der Waals surface area contributed by atoms with Crippen LogP contribution < -0.4 is 0 Å². The van der Waals surface area contributed by atoms with Gasteiger partial charge in [-0.05, 0) is 123 Å². The summed E-state index contributed by atoms with van der Waals surface area (Å²) in [6.07, 6.45) is 3.62. The van der Waals surface area contributed by atoms with Crippen LogP contribution in [0.1, 0.15) is 25.0 Å². The van der Waals surface area contributed by atoms with Gasteiger partial charge in [-0.2, -0.15) is 0 Å². The SMILES string of the molecule is CC1(C)c2ccccc2-c2cc(-c3ccc4c(c3)c3cccc(-c5cccc(-c6cc(-c7ccccn7)nc(-c7ccccn7)c6)c5)c3n4-c3ccccc3)ccc21. The lowest BCUT2D eigenvalue weighted by Crippen LogP contribution is -2.14. The van der Waals surface area contributed by atoms with Crippen molar-refractivity contribution in [1.82, 2.24) is 19.5 Å². The third kappa shape index (κ3) is 5.48. The molecule has 1 aliphatic rings. The molecule has 4 nitrogen and oxygen atoms in total. The van der Waals surface area contributed by atoms with Crippen LogP contribution in [0.15, 0.2) is 194 Å². The standard InChI is InChI=1S/C54H38N4/c1-54(2)46-21-7-6-18-42(46)44-31-36(24-26-47(44)54)37-25-27-52-45(32-37)43-20-13-19-41(53(43)58(52)40-16-4-3-5-17-40)38-15-12-14-35(30-38)39-33-50(48-22-8-10-28-55-48)57-51(34-39)49-23-9-11-29-56-49/h3-34H,1-2H3. The van der Waals surface area contributed by atoms with E-state index in [0.29, 0.717) is 0 Å². The largest absolute Gasteiger partial charge is 0.309 e. The third-order valence-corrected chi connectivity index (χ3v) is 11.9. The second-order valence-corrected chi connectivity index (χ2v) is 15.7. The van der Waals surface area contributed by atoms with Gasteiger partial charge >= 0.3 is 0 Å². The molecule has 4 heteroatoms. The van der Waals surface area contributed by atoms with E-state index in [1.165, 1.54) is 60.8 Å². The van der Waals surface area contributed by atoms with Crippen LogP contribution in [0.4, 0.5) is 0 Å². The highest BCUT2D eigenvalue weighted by molar-refractivity contribution is 6.15. The van der Waals surface area contributed by atoms with Gasteiger partial charge in [-0.25, -0.2) is 4.98 Å². The molecule has 0 radical (unpaired) electrons. The maximum atomic E-state index is 5.02. The number of nitrogens with zero attached hydrogens (tertiary/aromatic N) is 4. The Morgan fingerprint density at radius 1 is 0.397 bits per heavy atom. The van der Waals surface area contributed by atoms with E-state index in [9.17, 15) is 0 Å². The van der Waals surface area contributed by atoms with Crippen molar-refractivity contribution in [2.24, 2.45) is 0 Å². The average Bonchev–Trinajstić information content (AvgIpc) is 3.75. The Morgan fingerprint density at radius 2 is 1.02 bits per heavy atom. The van der Waals surface area contributed by atoms with Crippen molar-refractivity contribution >= 4 is 21.8 Å². The van der Waals surface area contributed by atoms with E-state index in [1.54, 1.807) is 0 Å². The number of hydrogen-bond acceptors (Lipinski definition) is 3. The van der Waals surface area contributed by atoms with Gasteiger partial charge in [0, 0.05) is 39.8 Å². The summed E-state index contributed by atoms with van der Waals surface area (Å²) in [4.78, 5) is 14.3. The lowest BCUT2D eigenvalue weighted by molar-refractivity contribution is 0.660. The van der Waals surface area contributed by atoms with Crippen LogP contribution in [-0.2, 0) is 5.41 Å². The minimum absolute atomic E-state index is 0.0224. The highest BCUT2D eigenvalue weighted by Crippen LogP contribution is 2.50. The molecule has 0 N–H and O–H groups in total. The van der Waals surface area contributed by atoms with Gasteiger partial charge in [0.15, 0.2) is 0 Å². The monoisotopic (exact) mass is 742 g/mol. The van der Waals surface area contributed by atoms with E-state index < -0.39 is 0 Å². The first-order valence-corrected chi connectivity index (χ1v) is 19.8. The number of hydrogen-bond donors (Lipinski definition) is 0. The Labute approximate surface area is 337 Å². The van der Waals surface area contributed by atoms with Crippen molar-refractivity contribution in [3.05, 3.63) is 206 Å². The van der Waals surface area contributed by atoms with Gasteiger partial charge in [0.2, 0.25) is 0 Å². The Hall–Kier alpha value is -7.43. The Bertz CT molecular complexity index is 3120. The number of para-hydroxylation sites is 2. The second-order valence-electron chi connectivity index (χ2n) is 15.7. The van der Waals surface area contributed by atoms with Gasteiger partial charge in [0.25, 0.3) is 0 Å². The zero-order valence-corrected chi connectivity index (χ0v) is 32.3. The van der Waals surface area contributed by atoms with Crippen LogP contribution in [-0.4, -0.2) is 19.5 Å². The fourth-order valence-electron chi connectivity index (χ4n) is 9.08. The van der Waals surface area contributed by atoms with Crippen LogP contribution in [0.2, 0.25) is 0 Å². The molecule has 0 amide bonds. The van der Waals surface area contributed by atoms with E-state index in [4.69, 9.17) is 4.98 Å². The van der Waals surface area contributed by atoms with Gasteiger partial charge in [0.05, 0.1) is 33.8 Å². The van der Waals surface area contributed by atoms with Crippen molar-refractivity contribution in [2.45, 2.75) is 19.3 Å². The van der Waals surface area contributed by atoms with Crippen LogP contribution in [0.5, 0.6) is 0 Å². The fraction of sp³-hybridized carbons (Fsp3) is 0.0556. The van der Waals surface area contributed by atoms with Gasteiger partial charge in [-0.15, -0.1) is 0 Å². The molecular formula is C54H38N4. The zero-order chi connectivity index (χ0) is 38.8. The molecule has 0 bridgehead atoms. The third-order valence-electron chi connectivity index (χ3n) is 11.9. The highest BCUT2D eigenvalue weighted by atomic mass is 15.0. The molecule has 0 spiro atoms. The molecule has 0 aliphatic heterocycles. The molecule has 0 fully saturated rings. The van der Waals surface area contributed by atoms with Crippen molar-refractivity contribution in [3.63, 3.8) is 0 Å². The summed E-state index contributed by atoms with van der Waals surface area (Å²) < 4.78 is 2.43. The Kier molecular flexibility index (Phi) is 7.80. The van der Waals surface area contributed by atoms with Crippen molar-refractivity contribution in [3.8, 4) is 73.0 Å². The zero-order valence-electron chi connectivity index (χ0n) is 32.3. The van der Waals surface area contributed by atoms with Gasteiger partial charge in [-0.1, -0.05) is 123 Å². The molecule has 1 aliphatic carbocycles. The first-order chi connectivity index (χ1) is 28.5. The molecule has 4 heterocycles. The molecule has 10 aromatic rings. The molecule has 274 valence electrons.